The van der Waals surface area contributed by atoms with Gasteiger partial charge in [-0.05, 0) is 47.6 Å². The zero-order valence-corrected chi connectivity index (χ0v) is 13.5. The fraction of sp³-hybridized carbons (Fsp3) is 0.750. The van der Waals surface area contributed by atoms with Crippen molar-refractivity contribution in [1.82, 2.24) is 15.3 Å². The number of rotatable bonds is 4. The lowest BCUT2D eigenvalue weighted by molar-refractivity contribution is -0.0779. The zero-order valence-electron chi connectivity index (χ0n) is 13.5. The Morgan fingerprint density at radius 2 is 2.00 bits per heavy atom. The average molecular weight is 277 g/mol. The minimum Gasteiger partial charge on any atom is -0.369 e. The molecule has 1 aromatic rings. The summed E-state index contributed by atoms with van der Waals surface area (Å²) in [4.78, 5) is 8.97. The van der Waals surface area contributed by atoms with Crippen LogP contribution >= 0.6 is 0 Å². The highest BCUT2D eigenvalue weighted by atomic mass is 16.5. The quantitative estimate of drug-likeness (QED) is 0.919. The van der Waals surface area contributed by atoms with Crippen molar-refractivity contribution < 1.29 is 4.74 Å². The summed E-state index contributed by atoms with van der Waals surface area (Å²) in [5.41, 5.74) is 1.71. The van der Waals surface area contributed by atoms with Gasteiger partial charge in [0.1, 0.15) is 0 Å². The minimum absolute atomic E-state index is 0.0834. The highest BCUT2D eigenvalue weighted by molar-refractivity contribution is 5.12. The molecule has 1 N–H and O–H groups in total. The molecule has 0 bridgehead atoms. The average Bonchev–Trinajstić information content (AvgIpc) is 2.55. The fourth-order valence-electron chi connectivity index (χ4n) is 3.36. The van der Waals surface area contributed by atoms with Gasteiger partial charge in [0.25, 0.3) is 0 Å². The summed E-state index contributed by atoms with van der Waals surface area (Å²) in [6.07, 6.45) is 4.75. The Hall–Kier alpha value is -1.00. The topological polar surface area (TPSA) is 47.0 Å². The monoisotopic (exact) mass is 277 g/mol. The number of aromatic nitrogens is 2. The van der Waals surface area contributed by atoms with Crippen LogP contribution in [-0.4, -0.2) is 27.7 Å². The van der Waals surface area contributed by atoms with Gasteiger partial charge in [0.2, 0.25) is 0 Å². The first kappa shape index (κ1) is 15.4. The molecule has 20 heavy (non-hydrogen) atoms. The number of aryl methyl sites for hydroxylation is 1. The SMILES string of the molecule is CCNC(c1cnc(C)cn1)C1CC(C)(C)OC1(C)C. The molecule has 4 nitrogen and oxygen atoms in total. The number of nitrogens with one attached hydrogen (secondary N) is 1. The van der Waals surface area contributed by atoms with Crippen LogP contribution in [0.5, 0.6) is 0 Å². The van der Waals surface area contributed by atoms with Crippen molar-refractivity contribution in [2.24, 2.45) is 5.92 Å². The first-order valence-electron chi connectivity index (χ1n) is 7.47. The molecule has 2 atom stereocenters. The predicted octanol–water partition coefficient (Wildman–Crippen LogP) is 3.03. The van der Waals surface area contributed by atoms with Crippen molar-refractivity contribution in [3.63, 3.8) is 0 Å². The van der Waals surface area contributed by atoms with Gasteiger partial charge in [-0.15, -0.1) is 0 Å². The third-order valence-electron chi connectivity index (χ3n) is 4.09. The van der Waals surface area contributed by atoms with Gasteiger partial charge < -0.3 is 10.1 Å². The second-order valence-electron chi connectivity index (χ2n) is 6.89. The first-order chi connectivity index (χ1) is 9.25. The molecule has 0 spiro atoms. The molecule has 1 saturated heterocycles. The summed E-state index contributed by atoms with van der Waals surface area (Å²) in [6.45, 7) is 13.7. The van der Waals surface area contributed by atoms with E-state index >= 15 is 0 Å². The van der Waals surface area contributed by atoms with Gasteiger partial charge in [-0.1, -0.05) is 6.92 Å². The smallest absolute Gasteiger partial charge is 0.0760 e. The Balaban J connectivity index is 2.31. The maximum Gasteiger partial charge on any atom is 0.0760 e. The van der Waals surface area contributed by atoms with E-state index in [4.69, 9.17) is 4.74 Å². The normalized spacial score (nSPS) is 25.6. The Morgan fingerprint density at radius 1 is 1.30 bits per heavy atom. The van der Waals surface area contributed by atoms with E-state index in [0.29, 0.717) is 5.92 Å². The van der Waals surface area contributed by atoms with E-state index in [1.165, 1.54) is 0 Å². The highest BCUT2D eigenvalue weighted by Crippen LogP contribution is 2.47. The molecule has 2 heterocycles. The summed E-state index contributed by atoms with van der Waals surface area (Å²) in [5.74, 6) is 0.384. The number of hydrogen-bond donors (Lipinski definition) is 1. The van der Waals surface area contributed by atoms with Crippen molar-refractivity contribution in [2.75, 3.05) is 6.54 Å². The summed E-state index contributed by atoms with van der Waals surface area (Å²) < 4.78 is 6.23. The second-order valence-corrected chi connectivity index (χ2v) is 6.89. The van der Waals surface area contributed by atoms with Gasteiger partial charge in [-0.3, -0.25) is 9.97 Å². The minimum atomic E-state index is -0.164. The molecule has 2 unspecified atom stereocenters. The third kappa shape index (κ3) is 3.18. The van der Waals surface area contributed by atoms with Crippen LogP contribution in [-0.2, 0) is 4.74 Å². The van der Waals surface area contributed by atoms with Gasteiger partial charge in [-0.2, -0.15) is 0 Å². The van der Waals surface area contributed by atoms with Gasteiger partial charge in [0.05, 0.1) is 34.8 Å². The van der Waals surface area contributed by atoms with E-state index in [9.17, 15) is 0 Å². The van der Waals surface area contributed by atoms with E-state index in [1.54, 1.807) is 0 Å². The van der Waals surface area contributed by atoms with Crippen LogP contribution in [0.3, 0.4) is 0 Å². The van der Waals surface area contributed by atoms with E-state index in [2.05, 4.69) is 49.9 Å². The lowest BCUT2D eigenvalue weighted by Crippen LogP contribution is -2.39. The molecule has 4 heteroatoms. The molecule has 0 aliphatic carbocycles. The maximum atomic E-state index is 6.23. The summed E-state index contributed by atoms with van der Waals surface area (Å²) in [5, 5.41) is 3.57. The Kier molecular flexibility index (Phi) is 4.17. The number of hydrogen-bond acceptors (Lipinski definition) is 4. The maximum absolute atomic E-state index is 6.23. The summed E-state index contributed by atoms with van der Waals surface area (Å²) in [6, 6.07) is 0.185. The lowest BCUT2D eigenvalue weighted by atomic mass is 9.80. The molecule has 112 valence electrons. The molecule has 0 radical (unpaired) electrons. The molecule has 1 aliphatic rings. The van der Waals surface area contributed by atoms with Crippen LogP contribution in [0.15, 0.2) is 12.4 Å². The van der Waals surface area contributed by atoms with Gasteiger partial charge in [0, 0.05) is 12.1 Å². The third-order valence-corrected chi connectivity index (χ3v) is 4.09. The molecule has 1 aromatic heterocycles. The predicted molar refractivity (Wildman–Crippen MR) is 80.5 cm³/mol. The van der Waals surface area contributed by atoms with Crippen LogP contribution < -0.4 is 5.32 Å². The number of nitrogens with zero attached hydrogens (tertiary/aromatic N) is 2. The Morgan fingerprint density at radius 3 is 2.45 bits per heavy atom. The van der Waals surface area contributed by atoms with Gasteiger partial charge in [0.15, 0.2) is 0 Å². The van der Waals surface area contributed by atoms with Gasteiger partial charge in [-0.25, -0.2) is 0 Å². The highest BCUT2D eigenvalue weighted by Gasteiger charge is 2.49. The summed E-state index contributed by atoms with van der Waals surface area (Å²) in [7, 11) is 0. The fourth-order valence-corrected chi connectivity index (χ4v) is 3.36. The lowest BCUT2D eigenvalue weighted by Gasteiger charge is -2.33. The molecule has 2 rings (SSSR count). The Bertz CT molecular complexity index is 453. The van der Waals surface area contributed by atoms with Crippen LogP contribution in [0.2, 0.25) is 0 Å². The van der Waals surface area contributed by atoms with E-state index in [-0.39, 0.29) is 17.2 Å². The van der Waals surface area contributed by atoms with Crippen LogP contribution in [0, 0.1) is 12.8 Å². The van der Waals surface area contributed by atoms with Gasteiger partial charge >= 0.3 is 0 Å². The summed E-state index contributed by atoms with van der Waals surface area (Å²) >= 11 is 0. The van der Waals surface area contributed by atoms with Crippen molar-refractivity contribution in [3.05, 3.63) is 23.8 Å². The van der Waals surface area contributed by atoms with E-state index < -0.39 is 0 Å². The molecule has 0 aromatic carbocycles. The molecular weight excluding hydrogens is 250 g/mol. The van der Waals surface area contributed by atoms with Crippen molar-refractivity contribution in [2.45, 2.75) is 65.2 Å². The van der Waals surface area contributed by atoms with Crippen molar-refractivity contribution >= 4 is 0 Å². The molecule has 0 saturated carbocycles. The second kappa shape index (κ2) is 5.41. The van der Waals surface area contributed by atoms with E-state index in [1.807, 2.05) is 19.3 Å². The standard InChI is InChI=1S/C16H27N3O/c1-7-17-14(13-10-18-11(2)9-19-13)12-8-15(3,4)20-16(12,5)6/h9-10,12,14,17H,7-8H2,1-6H3. The van der Waals surface area contributed by atoms with Crippen molar-refractivity contribution in [1.29, 1.82) is 0 Å². The van der Waals surface area contributed by atoms with Crippen LogP contribution in [0.4, 0.5) is 0 Å². The largest absolute Gasteiger partial charge is 0.369 e. The van der Waals surface area contributed by atoms with Crippen LogP contribution in [0.25, 0.3) is 0 Å². The molecule has 1 aliphatic heterocycles. The van der Waals surface area contributed by atoms with Crippen molar-refractivity contribution in [3.8, 4) is 0 Å². The molecule has 0 amide bonds. The van der Waals surface area contributed by atoms with E-state index in [0.717, 1.165) is 24.4 Å². The Labute approximate surface area is 122 Å². The zero-order chi connectivity index (χ0) is 15.0. The van der Waals surface area contributed by atoms with Crippen LogP contribution in [0.1, 0.15) is 58.5 Å². The molecular formula is C16H27N3O. The number of ether oxygens (including phenoxy) is 1. The first-order valence-corrected chi connectivity index (χ1v) is 7.47. The molecule has 1 fully saturated rings.